The smallest absolute Gasteiger partial charge is 0.141 e. The van der Waals surface area contributed by atoms with Crippen molar-refractivity contribution in [3.05, 3.63) is 47.4 Å². The largest absolute Gasteiger partial charge is 0.370 e. The fourth-order valence-corrected chi connectivity index (χ4v) is 4.07. The van der Waals surface area contributed by atoms with Gasteiger partial charge in [-0.2, -0.15) is 5.26 Å². The van der Waals surface area contributed by atoms with Crippen LogP contribution in [0.5, 0.6) is 0 Å². The van der Waals surface area contributed by atoms with Gasteiger partial charge in [-0.15, -0.1) is 10.2 Å². The Kier molecular flexibility index (Phi) is 4.40. The molecule has 0 aliphatic carbocycles. The van der Waals surface area contributed by atoms with Gasteiger partial charge in [0.1, 0.15) is 24.0 Å². The van der Waals surface area contributed by atoms with Crippen molar-refractivity contribution in [2.75, 3.05) is 18.0 Å². The van der Waals surface area contributed by atoms with Gasteiger partial charge >= 0.3 is 0 Å². The Morgan fingerprint density at radius 3 is 2.59 bits per heavy atom. The average molecular weight is 362 g/mol. The van der Waals surface area contributed by atoms with E-state index in [2.05, 4.69) is 32.4 Å². The number of aryl methyl sites for hydroxylation is 3. The van der Waals surface area contributed by atoms with Crippen molar-refractivity contribution in [1.82, 2.24) is 19.9 Å². The van der Waals surface area contributed by atoms with Crippen molar-refractivity contribution in [3.63, 3.8) is 0 Å². The molecule has 0 unspecified atom stereocenters. The van der Waals surface area contributed by atoms with Crippen LogP contribution in [0, 0.1) is 25.2 Å². The van der Waals surface area contributed by atoms with Gasteiger partial charge in [0.25, 0.3) is 0 Å². The molecule has 0 N–H and O–H groups in total. The number of benzene rings is 1. The molecule has 2 aromatic heterocycles. The lowest BCUT2D eigenvalue weighted by molar-refractivity contribution is 0.393. The summed E-state index contributed by atoms with van der Waals surface area (Å²) in [5.41, 5.74) is 4.51. The Hall–Kier alpha value is -3.14. The maximum Gasteiger partial charge on any atom is 0.141 e. The Bertz CT molecular complexity index is 984. The summed E-state index contributed by atoms with van der Waals surface area (Å²) in [4.78, 5) is 2.31. The molecule has 1 saturated heterocycles. The van der Waals surface area contributed by atoms with Crippen LogP contribution >= 0.6 is 0 Å². The van der Waals surface area contributed by atoms with Crippen LogP contribution in [0.25, 0.3) is 11.1 Å². The second kappa shape index (κ2) is 6.88. The van der Waals surface area contributed by atoms with E-state index >= 15 is 0 Å². The summed E-state index contributed by atoms with van der Waals surface area (Å²) in [6, 6.07) is 8.22. The van der Waals surface area contributed by atoms with Crippen molar-refractivity contribution in [2.24, 2.45) is 7.05 Å². The van der Waals surface area contributed by atoms with Crippen molar-refractivity contribution in [2.45, 2.75) is 32.6 Å². The third-order valence-corrected chi connectivity index (χ3v) is 5.38. The summed E-state index contributed by atoms with van der Waals surface area (Å²) < 4.78 is 7.37. The molecule has 1 aromatic carbocycles. The minimum atomic E-state index is 0.394. The van der Waals surface area contributed by atoms with Crippen LogP contribution in [0.1, 0.15) is 41.6 Å². The summed E-state index contributed by atoms with van der Waals surface area (Å²) in [5, 5.41) is 22.1. The molecule has 138 valence electrons. The van der Waals surface area contributed by atoms with Gasteiger partial charge in [-0.05, 0) is 32.8 Å². The van der Waals surface area contributed by atoms with E-state index in [1.54, 1.807) is 6.33 Å². The first kappa shape index (κ1) is 17.3. The highest BCUT2D eigenvalue weighted by molar-refractivity contribution is 5.84. The normalized spacial score (nSPS) is 15.1. The minimum Gasteiger partial charge on any atom is -0.370 e. The number of aromatic nitrogens is 4. The van der Waals surface area contributed by atoms with E-state index in [9.17, 15) is 5.26 Å². The van der Waals surface area contributed by atoms with Gasteiger partial charge in [-0.3, -0.25) is 0 Å². The van der Waals surface area contributed by atoms with Gasteiger partial charge in [0.05, 0.1) is 16.9 Å². The lowest BCUT2D eigenvalue weighted by Crippen LogP contribution is -2.34. The van der Waals surface area contributed by atoms with Crippen molar-refractivity contribution >= 4 is 5.69 Å². The lowest BCUT2D eigenvalue weighted by Gasteiger charge is -2.34. The number of hydrogen-bond acceptors (Lipinski definition) is 6. The molecule has 1 aliphatic heterocycles. The molecule has 3 aromatic rings. The topological polar surface area (TPSA) is 83.8 Å². The maximum atomic E-state index is 9.71. The molecule has 1 fully saturated rings. The fraction of sp³-hybridized carbons (Fsp3) is 0.400. The fourth-order valence-electron chi connectivity index (χ4n) is 4.07. The van der Waals surface area contributed by atoms with E-state index in [0.29, 0.717) is 11.5 Å². The zero-order valence-corrected chi connectivity index (χ0v) is 15.8. The van der Waals surface area contributed by atoms with E-state index in [1.165, 1.54) is 0 Å². The summed E-state index contributed by atoms with van der Waals surface area (Å²) in [6.45, 7) is 5.59. The highest BCUT2D eigenvalue weighted by Gasteiger charge is 2.28. The minimum absolute atomic E-state index is 0.394. The predicted molar refractivity (Wildman–Crippen MR) is 101 cm³/mol. The van der Waals surface area contributed by atoms with Crippen molar-refractivity contribution in [1.29, 1.82) is 5.26 Å². The Morgan fingerprint density at radius 1 is 1.22 bits per heavy atom. The highest BCUT2D eigenvalue weighted by atomic mass is 16.5. The number of para-hydroxylation sites is 1. The third-order valence-electron chi connectivity index (χ3n) is 5.38. The molecule has 0 atom stereocenters. The monoisotopic (exact) mass is 362 g/mol. The number of nitrogens with zero attached hydrogens (tertiary/aromatic N) is 6. The molecule has 4 rings (SSSR count). The Morgan fingerprint density at radius 2 is 2.00 bits per heavy atom. The van der Waals surface area contributed by atoms with Crippen molar-refractivity contribution in [3.8, 4) is 17.2 Å². The van der Waals surface area contributed by atoms with Gasteiger partial charge < -0.3 is 14.0 Å². The molecule has 3 heterocycles. The molecule has 27 heavy (non-hydrogen) atoms. The van der Waals surface area contributed by atoms with Crippen LogP contribution in [-0.2, 0) is 7.05 Å². The van der Waals surface area contributed by atoms with Gasteiger partial charge in [-0.1, -0.05) is 17.3 Å². The van der Waals surface area contributed by atoms with Gasteiger partial charge in [0.15, 0.2) is 0 Å². The molecule has 0 bridgehead atoms. The second-order valence-corrected chi connectivity index (χ2v) is 7.07. The number of nitriles is 1. The number of rotatable bonds is 3. The van der Waals surface area contributed by atoms with Crippen LogP contribution in [0.4, 0.5) is 5.69 Å². The summed E-state index contributed by atoms with van der Waals surface area (Å²) in [5.74, 6) is 2.21. The van der Waals surface area contributed by atoms with E-state index in [4.69, 9.17) is 4.52 Å². The number of piperidine rings is 1. The van der Waals surface area contributed by atoms with Crippen LogP contribution < -0.4 is 4.90 Å². The lowest BCUT2D eigenvalue weighted by atomic mass is 9.92. The van der Waals surface area contributed by atoms with E-state index in [-0.39, 0.29) is 0 Å². The molecule has 0 amide bonds. The standard InChI is InChI=1S/C20H22N6O/c1-13-18(14(2)27-24-13)17-6-4-5-16(11-21)19(17)26-9-7-15(8-10-26)20-23-22-12-25(20)3/h4-6,12,15H,7-10H2,1-3H3. The summed E-state index contributed by atoms with van der Waals surface area (Å²) in [7, 11) is 1.99. The number of hydrogen-bond donors (Lipinski definition) is 0. The van der Waals surface area contributed by atoms with Gasteiger partial charge in [0, 0.05) is 37.2 Å². The summed E-state index contributed by atoms with van der Waals surface area (Å²) >= 11 is 0. The van der Waals surface area contributed by atoms with Gasteiger partial charge in [-0.25, -0.2) is 0 Å². The van der Waals surface area contributed by atoms with Crippen LogP contribution in [-0.4, -0.2) is 33.0 Å². The maximum absolute atomic E-state index is 9.71. The molecule has 7 nitrogen and oxygen atoms in total. The summed E-state index contributed by atoms with van der Waals surface area (Å²) in [6.07, 6.45) is 3.71. The molecular weight excluding hydrogens is 340 g/mol. The first-order chi connectivity index (χ1) is 13.1. The number of anilines is 1. The molecule has 1 aliphatic rings. The first-order valence-electron chi connectivity index (χ1n) is 9.15. The molecule has 7 heteroatoms. The van der Waals surface area contributed by atoms with Crippen LogP contribution in [0.15, 0.2) is 29.0 Å². The van der Waals surface area contributed by atoms with Crippen molar-refractivity contribution < 1.29 is 4.52 Å². The predicted octanol–water partition coefficient (Wildman–Crippen LogP) is 3.34. The van der Waals surface area contributed by atoms with Gasteiger partial charge in [0.2, 0.25) is 0 Å². The average Bonchev–Trinajstić information content (AvgIpc) is 3.26. The second-order valence-electron chi connectivity index (χ2n) is 7.07. The molecule has 0 spiro atoms. The Balaban J connectivity index is 1.68. The van der Waals surface area contributed by atoms with E-state index in [0.717, 1.165) is 60.0 Å². The SMILES string of the molecule is Cc1noc(C)c1-c1cccc(C#N)c1N1CCC(c2nncn2C)CC1. The quantitative estimate of drug-likeness (QED) is 0.710. The van der Waals surface area contributed by atoms with E-state index in [1.807, 2.05) is 37.6 Å². The van der Waals surface area contributed by atoms with Crippen LogP contribution in [0.2, 0.25) is 0 Å². The Labute approximate surface area is 158 Å². The third kappa shape index (κ3) is 2.97. The molecular formula is C20H22N6O. The first-order valence-corrected chi connectivity index (χ1v) is 9.15. The zero-order valence-electron chi connectivity index (χ0n) is 15.8. The molecule has 0 radical (unpaired) electrons. The van der Waals surface area contributed by atoms with E-state index < -0.39 is 0 Å². The molecule has 0 saturated carbocycles. The van der Waals surface area contributed by atoms with Crippen LogP contribution in [0.3, 0.4) is 0 Å². The highest BCUT2D eigenvalue weighted by Crippen LogP contribution is 2.39. The zero-order chi connectivity index (χ0) is 19.0.